The highest BCUT2D eigenvalue weighted by Gasteiger charge is 2.43. The van der Waals surface area contributed by atoms with Crippen molar-refractivity contribution in [2.75, 3.05) is 14.2 Å². The Morgan fingerprint density at radius 1 is 1.03 bits per heavy atom. The molecule has 0 aromatic heterocycles. The van der Waals surface area contributed by atoms with Gasteiger partial charge in [0.15, 0.2) is 0 Å². The van der Waals surface area contributed by atoms with Gasteiger partial charge in [-0.25, -0.2) is 0 Å². The maximum atomic E-state index is 12.3. The molecule has 3 aromatic rings. The monoisotopic (exact) mass is 450 g/mol. The SMILES string of the molecule is CCC(N=Cc1cc([N+](=O)[O-])ccc1O)C(O)(c1ccccc1OC)c1ccccc1OC. The normalized spacial score (nSPS) is 12.5. The van der Waals surface area contributed by atoms with Crippen LogP contribution in [0.4, 0.5) is 5.69 Å². The number of benzene rings is 3. The number of aliphatic hydroxyl groups is 1. The number of para-hydroxylation sites is 2. The molecule has 0 saturated heterocycles. The summed E-state index contributed by atoms with van der Waals surface area (Å²) in [7, 11) is 3.04. The van der Waals surface area contributed by atoms with Crippen LogP contribution in [0.15, 0.2) is 71.7 Å². The summed E-state index contributed by atoms with van der Waals surface area (Å²) in [5, 5.41) is 33.6. The van der Waals surface area contributed by atoms with Gasteiger partial charge in [0.05, 0.1) is 25.2 Å². The molecule has 172 valence electrons. The van der Waals surface area contributed by atoms with E-state index in [1.807, 2.05) is 6.92 Å². The minimum atomic E-state index is -1.67. The third kappa shape index (κ3) is 4.65. The second-order valence-electron chi connectivity index (χ2n) is 7.37. The van der Waals surface area contributed by atoms with Crippen molar-refractivity contribution >= 4 is 11.9 Å². The first-order valence-corrected chi connectivity index (χ1v) is 10.4. The standard InChI is InChI=1S/C25H26N2O6/c1-4-24(26-16-17-15-18(27(30)31)13-14-21(17)28)25(29,19-9-5-7-11-22(19)32-2)20-10-6-8-12-23(20)33-3/h5-16,24,28-29H,4H2,1-3H3. The Morgan fingerprint density at radius 2 is 1.58 bits per heavy atom. The van der Waals surface area contributed by atoms with Crippen LogP contribution in [0.5, 0.6) is 17.2 Å². The second kappa shape index (κ2) is 10.1. The smallest absolute Gasteiger partial charge is 0.270 e. The number of hydrogen-bond donors (Lipinski definition) is 2. The minimum absolute atomic E-state index is 0.155. The largest absolute Gasteiger partial charge is 0.507 e. The number of non-ortho nitro benzene ring substituents is 1. The fraction of sp³-hybridized carbons (Fsp3) is 0.240. The summed E-state index contributed by atoms with van der Waals surface area (Å²) in [5.41, 5.74) is -0.688. The van der Waals surface area contributed by atoms with Gasteiger partial charge in [0.1, 0.15) is 22.8 Å². The molecule has 0 aliphatic carbocycles. The molecule has 0 aliphatic rings. The van der Waals surface area contributed by atoms with E-state index in [4.69, 9.17) is 9.47 Å². The quantitative estimate of drug-likeness (QED) is 0.283. The van der Waals surface area contributed by atoms with Gasteiger partial charge in [-0.05, 0) is 24.6 Å². The van der Waals surface area contributed by atoms with E-state index in [1.54, 1.807) is 48.5 Å². The molecular formula is C25H26N2O6. The number of aliphatic imine (C=N–C) groups is 1. The summed E-state index contributed by atoms with van der Waals surface area (Å²) in [6.45, 7) is 1.87. The Balaban J connectivity index is 2.20. The summed E-state index contributed by atoms with van der Waals surface area (Å²) in [6, 6.07) is 17.1. The van der Waals surface area contributed by atoms with Gasteiger partial charge in [-0.1, -0.05) is 43.3 Å². The Bertz CT molecular complexity index is 1110. The number of phenolic OH excluding ortho intramolecular Hbond substituents is 1. The molecule has 0 saturated carbocycles. The van der Waals surface area contributed by atoms with Gasteiger partial charge < -0.3 is 19.7 Å². The van der Waals surface area contributed by atoms with E-state index >= 15 is 0 Å². The first-order chi connectivity index (χ1) is 15.9. The van der Waals surface area contributed by atoms with Crippen LogP contribution < -0.4 is 9.47 Å². The lowest BCUT2D eigenvalue weighted by molar-refractivity contribution is -0.384. The van der Waals surface area contributed by atoms with Gasteiger partial charge in [-0.2, -0.15) is 0 Å². The van der Waals surface area contributed by atoms with Crippen molar-refractivity contribution in [2.24, 2.45) is 4.99 Å². The number of phenols is 1. The molecule has 0 spiro atoms. The van der Waals surface area contributed by atoms with E-state index < -0.39 is 16.6 Å². The molecule has 0 aliphatic heterocycles. The van der Waals surface area contributed by atoms with E-state index in [-0.39, 0.29) is 17.0 Å². The van der Waals surface area contributed by atoms with Gasteiger partial charge in [0.2, 0.25) is 0 Å². The fourth-order valence-electron chi connectivity index (χ4n) is 3.86. The van der Waals surface area contributed by atoms with Crippen molar-refractivity contribution in [1.82, 2.24) is 0 Å². The average Bonchev–Trinajstić information content (AvgIpc) is 2.84. The maximum Gasteiger partial charge on any atom is 0.270 e. The van der Waals surface area contributed by atoms with Crippen LogP contribution in [-0.2, 0) is 5.60 Å². The number of rotatable bonds is 9. The van der Waals surface area contributed by atoms with Crippen molar-refractivity contribution < 1.29 is 24.6 Å². The summed E-state index contributed by atoms with van der Waals surface area (Å²) >= 11 is 0. The Morgan fingerprint density at radius 3 is 2.06 bits per heavy atom. The zero-order chi connectivity index (χ0) is 24.0. The van der Waals surface area contributed by atoms with Gasteiger partial charge in [0, 0.05) is 35.0 Å². The van der Waals surface area contributed by atoms with Gasteiger partial charge in [-0.3, -0.25) is 15.1 Å². The van der Waals surface area contributed by atoms with Crippen molar-refractivity contribution in [3.63, 3.8) is 0 Å². The fourth-order valence-corrected chi connectivity index (χ4v) is 3.86. The Kier molecular flexibility index (Phi) is 7.30. The topological polar surface area (TPSA) is 114 Å². The van der Waals surface area contributed by atoms with E-state index in [9.17, 15) is 20.3 Å². The Labute approximate surface area is 191 Å². The molecule has 8 heteroatoms. The van der Waals surface area contributed by atoms with E-state index in [0.29, 0.717) is 29.0 Å². The molecule has 0 amide bonds. The molecule has 0 fully saturated rings. The molecule has 1 unspecified atom stereocenters. The lowest BCUT2D eigenvalue weighted by atomic mass is 9.78. The van der Waals surface area contributed by atoms with Crippen LogP contribution in [0.1, 0.15) is 30.0 Å². The highest BCUT2D eigenvalue weighted by molar-refractivity contribution is 5.84. The molecule has 8 nitrogen and oxygen atoms in total. The predicted molar refractivity (Wildman–Crippen MR) is 125 cm³/mol. The number of ether oxygens (including phenoxy) is 2. The lowest BCUT2D eigenvalue weighted by Crippen LogP contribution is -2.40. The maximum absolute atomic E-state index is 12.3. The highest BCUT2D eigenvalue weighted by Crippen LogP contribution is 2.44. The van der Waals surface area contributed by atoms with Crippen LogP contribution in [-0.4, -0.2) is 41.6 Å². The van der Waals surface area contributed by atoms with Crippen LogP contribution >= 0.6 is 0 Å². The van der Waals surface area contributed by atoms with Gasteiger partial charge in [-0.15, -0.1) is 0 Å². The molecule has 0 bridgehead atoms. The van der Waals surface area contributed by atoms with E-state index in [2.05, 4.69) is 4.99 Å². The molecule has 33 heavy (non-hydrogen) atoms. The summed E-state index contributed by atoms with van der Waals surface area (Å²) in [4.78, 5) is 15.2. The number of hydrogen-bond acceptors (Lipinski definition) is 7. The Hall–Kier alpha value is -3.91. The lowest BCUT2D eigenvalue weighted by Gasteiger charge is -2.36. The highest BCUT2D eigenvalue weighted by atomic mass is 16.6. The van der Waals surface area contributed by atoms with Crippen LogP contribution in [0.2, 0.25) is 0 Å². The number of nitrogens with zero attached hydrogens (tertiary/aromatic N) is 2. The average molecular weight is 450 g/mol. The summed E-state index contributed by atoms with van der Waals surface area (Å²) < 4.78 is 11.1. The number of aromatic hydroxyl groups is 1. The predicted octanol–water partition coefficient (Wildman–Crippen LogP) is 4.45. The number of nitro benzene ring substituents is 1. The van der Waals surface area contributed by atoms with Crippen molar-refractivity contribution in [3.8, 4) is 17.2 Å². The van der Waals surface area contributed by atoms with Gasteiger partial charge >= 0.3 is 0 Å². The number of nitro groups is 1. The summed E-state index contributed by atoms with van der Waals surface area (Å²) in [6.07, 6.45) is 1.74. The molecule has 1 atom stereocenters. The number of methoxy groups -OCH3 is 2. The first-order valence-electron chi connectivity index (χ1n) is 10.4. The van der Waals surface area contributed by atoms with Crippen molar-refractivity contribution in [1.29, 1.82) is 0 Å². The first kappa shape index (κ1) is 23.7. The van der Waals surface area contributed by atoms with Crippen LogP contribution in [0, 0.1) is 10.1 Å². The minimum Gasteiger partial charge on any atom is -0.507 e. The summed E-state index contributed by atoms with van der Waals surface area (Å²) in [5.74, 6) is 0.785. The van der Waals surface area contributed by atoms with Gasteiger partial charge in [0.25, 0.3) is 5.69 Å². The molecular weight excluding hydrogens is 424 g/mol. The third-order valence-corrected chi connectivity index (χ3v) is 5.52. The van der Waals surface area contributed by atoms with Crippen LogP contribution in [0.3, 0.4) is 0 Å². The van der Waals surface area contributed by atoms with E-state index in [1.165, 1.54) is 38.6 Å². The molecule has 0 radical (unpaired) electrons. The van der Waals surface area contributed by atoms with E-state index in [0.717, 1.165) is 0 Å². The van der Waals surface area contributed by atoms with Crippen LogP contribution in [0.25, 0.3) is 0 Å². The zero-order valence-electron chi connectivity index (χ0n) is 18.6. The third-order valence-electron chi connectivity index (χ3n) is 5.52. The molecule has 2 N–H and O–H groups in total. The second-order valence-corrected chi connectivity index (χ2v) is 7.37. The van der Waals surface area contributed by atoms with Crippen molar-refractivity contribution in [2.45, 2.75) is 25.0 Å². The molecule has 3 aromatic carbocycles. The zero-order valence-corrected chi connectivity index (χ0v) is 18.6. The molecule has 3 rings (SSSR count). The van der Waals surface area contributed by atoms with Crippen molar-refractivity contribution in [3.05, 3.63) is 93.5 Å². The molecule has 0 heterocycles.